The van der Waals surface area contributed by atoms with Crippen molar-refractivity contribution in [3.63, 3.8) is 0 Å². The number of amides is 1. The fourth-order valence-corrected chi connectivity index (χ4v) is 3.16. The molecule has 1 amide bonds. The van der Waals surface area contributed by atoms with Gasteiger partial charge in [-0.1, -0.05) is 46.9 Å². The predicted molar refractivity (Wildman–Crippen MR) is 102 cm³/mol. The molecule has 0 bridgehead atoms. The van der Waals surface area contributed by atoms with Crippen LogP contribution in [0.1, 0.15) is 5.56 Å². The second-order valence-electron chi connectivity index (χ2n) is 6.10. The van der Waals surface area contributed by atoms with E-state index in [0.717, 1.165) is 12.1 Å². The van der Waals surface area contributed by atoms with Crippen LogP contribution in [0.2, 0.25) is 0 Å². The van der Waals surface area contributed by atoms with E-state index in [4.69, 9.17) is 34.8 Å². The van der Waals surface area contributed by atoms with Crippen molar-refractivity contribution in [1.29, 1.82) is 0 Å². The summed E-state index contributed by atoms with van der Waals surface area (Å²) in [7, 11) is 0. The van der Waals surface area contributed by atoms with Crippen molar-refractivity contribution in [3.8, 4) is 11.3 Å². The number of hydrogen-bond acceptors (Lipinski definition) is 4. The molecule has 1 aromatic heterocycles. The maximum atomic E-state index is 12.9. The number of aromatic nitrogens is 2. The fourth-order valence-electron chi connectivity index (χ4n) is 2.81. The smallest absolute Gasteiger partial charge is 0.337 e. The van der Waals surface area contributed by atoms with Crippen molar-refractivity contribution in [2.24, 2.45) is 0 Å². The van der Waals surface area contributed by atoms with Gasteiger partial charge in [-0.25, -0.2) is 9.97 Å². The Labute approximate surface area is 174 Å². The summed E-state index contributed by atoms with van der Waals surface area (Å²) in [6.07, 6.45) is -2.95. The Bertz CT molecular complexity index is 865. The molecule has 0 radical (unpaired) electrons. The lowest BCUT2D eigenvalue weighted by molar-refractivity contribution is -0.137. The molecule has 2 aromatic rings. The molecule has 1 aliphatic rings. The van der Waals surface area contributed by atoms with E-state index >= 15 is 0 Å². The van der Waals surface area contributed by atoms with E-state index < -0.39 is 21.4 Å². The van der Waals surface area contributed by atoms with E-state index in [1.807, 2.05) is 4.90 Å². The van der Waals surface area contributed by atoms with E-state index in [9.17, 15) is 18.0 Å². The zero-order valence-electron chi connectivity index (χ0n) is 14.3. The number of rotatable bonds is 2. The number of carbonyl (C=O) groups excluding carboxylic acids is 1. The molecule has 1 aromatic carbocycles. The largest absolute Gasteiger partial charge is 0.416 e. The van der Waals surface area contributed by atoms with Crippen LogP contribution in [0.15, 0.2) is 36.5 Å². The molecule has 2 heterocycles. The first kappa shape index (κ1) is 21.0. The zero-order valence-corrected chi connectivity index (χ0v) is 16.5. The average molecular weight is 454 g/mol. The van der Waals surface area contributed by atoms with Gasteiger partial charge in [0.25, 0.3) is 9.70 Å². The van der Waals surface area contributed by atoms with E-state index in [1.165, 1.54) is 17.2 Å². The first-order valence-electron chi connectivity index (χ1n) is 8.17. The van der Waals surface area contributed by atoms with Crippen molar-refractivity contribution < 1.29 is 18.0 Å². The van der Waals surface area contributed by atoms with E-state index in [0.29, 0.717) is 43.4 Å². The Kier molecular flexibility index (Phi) is 5.93. The molecule has 0 unspecified atom stereocenters. The predicted octanol–water partition coefficient (Wildman–Crippen LogP) is 4.18. The quantitative estimate of drug-likeness (QED) is 0.640. The third kappa shape index (κ3) is 4.79. The highest BCUT2D eigenvalue weighted by Gasteiger charge is 2.36. The van der Waals surface area contributed by atoms with Crippen molar-refractivity contribution >= 4 is 46.7 Å². The summed E-state index contributed by atoms with van der Waals surface area (Å²) >= 11 is 16.9. The van der Waals surface area contributed by atoms with Gasteiger partial charge in [0.1, 0.15) is 0 Å². The third-order valence-electron chi connectivity index (χ3n) is 4.22. The highest BCUT2D eigenvalue weighted by atomic mass is 35.6. The van der Waals surface area contributed by atoms with Gasteiger partial charge in [0.2, 0.25) is 5.95 Å². The monoisotopic (exact) mass is 452 g/mol. The molecule has 0 atom stereocenters. The van der Waals surface area contributed by atoms with Gasteiger partial charge in [-0.15, -0.1) is 0 Å². The molecule has 0 spiro atoms. The van der Waals surface area contributed by atoms with Crippen LogP contribution in [-0.2, 0) is 11.0 Å². The van der Waals surface area contributed by atoms with Gasteiger partial charge in [-0.3, -0.25) is 4.79 Å². The Morgan fingerprint density at radius 1 is 1.04 bits per heavy atom. The first-order chi connectivity index (χ1) is 13.1. The van der Waals surface area contributed by atoms with Gasteiger partial charge in [-0.2, -0.15) is 13.2 Å². The van der Waals surface area contributed by atoms with Crippen LogP contribution in [0, 0.1) is 0 Å². The van der Waals surface area contributed by atoms with E-state index in [2.05, 4.69) is 9.97 Å². The maximum absolute atomic E-state index is 12.9. The lowest BCUT2D eigenvalue weighted by atomic mass is 10.1. The first-order valence-corrected chi connectivity index (χ1v) is 9.31. The molecule has 150 valence electrons. The van der Waals surface area contributed by atoms with E-state index in [1.54, 1.807) is 12.1 Å². The summed E-state index contributed by atoms with van der Waals surface area (Å²) in [4.78, 5) is 23.8. The minimum absolute atomic E-state index is 0.309. The highest BCUT2D eigenvalue weighted by Crippen LogP contribution is 2.32. The molecule has 1 saturated heterocycles. The van der Waals surface area contributed by atoms with Crippen LogP contribution in [0.25, 0.3) is 11.3 Å². The minimum Gasteiger partial charge on any atom is -0.337 e. The number of anilines is 1. The minimum atomic E-state index is -4.43. The van der Waals surface area contributed by atoms with Gasteiger partial charge in [-0.05, 0) is 18.2 Å². The summed E-state index contributed by atoms with van der Waals surface area (Å²) in [5.74, 6) is -0.244. The van der Waals surface area contributed by atoms with Crippen LogP contribution in [-0.4, -0.2) is 50.7 Å². The second-order valence-corrected chi connectivity index (χ2v) is 8.38. The lowest BCUT2D eigenvalue weighted by Gasteiger charge is -2.36. The number of hydrogen-bond donors (Lipinski definition) is 0. The average Bonchev–Trinajstić information content (AvgIpc) is 2.66. The fraction of sp³-hybridized carbons (Fsp3) is 0.353. The molecule has 11 heteroatoms. The topological polar surface area (TPSA) is 49.3 Å². The molecule has 5 nitrogen and oxygen atoms in total. The van der Waals surface area contributed by atoms with Gasteiger partial charge in [0.15, 0.2) is 0 Å². The molecular weight excluding hydrogens is 440 g/mol. The summed E-state index contributed by atoms with van der Waals surface area (Å²) in [5.41, 5.74) is -0.0385. The van der Waals surface area contributed by atoms with Crippen LogP contribution < -0.4 is 4.90 Å². The molecule has 3 rings (SSSR count). The third-order valence-corrected chi connectivity index (χ3v) is 4.71. The van der Waals surface area contributed by atoms with Gasteiger partial charge in [0.05, 0.1) is 11.3 Å². The number of halogens is 6. The number of piperazine rings is 1. The number of benzene rings is 1. The summed E-state index contributed by atoms with van der Waals surface area (Å²) in [5, 5.41) is 0. The SMILES string of the molecule is O=C(N1CCN(c2nccc(-c3cccc(C(F)(F)F)c3)n2)CC1)C(Cl)(Cl)Cl. The van der Waals surface area contributed by atoms with Crippen molar-refractivity contribution in [2.45, 2.75) is 9.97 Å². The Morgan fingerprint density at radius 3 is 2.32 bits per heavy atom. The van der Waals surface area contributed by atoms with Crippen molar-refractivity contribution in [3.05, 3.63) is 42.1 Å². The van der Waals surface area contributed by atoms with Gasteiger partial charge in [0, 0.05) is 37.9 Å². The van der Waals surface area contributed by atoms with Crippen molar-refractivity contribution in [1.82, 2.24) is 14.9 Å². The lowest BCUT2D eigenvalue weighted by Crippen LogP contribution is -2.52. The maximum Gasteiger partial charge on any atom is 0.416 e. The normalized spacial score (nSPS) is 15.6. The number of nitrogens with zero attached hydrogens (tertiary/aromatic N) is 4. The Morgan fingerprint density at radius 2 is 1.71 bits per heavy atom. The molecule has 0 aliphatic carbocycles. The molecule has 28 heavy (non-hydrogen) atoms. The zero-order chi connectivity index (χ0) is 20.5. The van der Waals surface area contributed by atoms with Gasteiger partial charge >= 0.3 is 6.18 Å². The van der Waals surface area contributed by atoms with Crippen LogP contribution in [0.5, 0.6) is 0 Å². The Hall–Kier alpha value is -1.77. The Balaban J connectivity index is 1.76. The number of alkyl halides is 6. The van der Waals surface area contributed by atoms with Crippen LogP contribution in [0.3, 0.4) is 0 Å². The van der Waals surface area contributed by atoms with Crippen molar-refractivity contribution in [2.75, 3.05) is 31.1 Å². The molecule has 0 N–H and O–H groups in total. The highest BCUT2D eigenvalue weighted by molar-refractivity contribution is 6.76. The molecule has 1 aliphatic heterocycles. The standard InChI is InChI=1S/C17H14Cl3F3N4O/c18-16(19,20)14(28)26-6-8-27(9-7-26)15-24-5-4-13(25-15)11-2-1-3-12(10-11)17(21,22)23/h1-5,10H,6-9H2. The van der Waals surface area contributed by atoms with Crippen LogP contribution >= 0.6 is 34.8 Å². The summed E-state index contributed by atoms with van der Waals surface area (Å²) in [6, 6.07) is 6.48. The van der Waals surface area contributed by atoms with E-state index in [-0.39, 0.29) is 0 Å². The summed E-state index contributed by atoms with van der Waals surface area (Å²) in [6.45, 7) is 1.42. The molecule has 0 saturated carbocycles. The van der Waals surface area contributed by atoms with Gasteiger partial charge < -0.3 is 9.80 Å². The summed E-state index contributed by atoms with van der Waals surface area (Å²) < 4.78 is 36.8. The second kappa shape index (κ2) is 7.93. The van der Waals surface area contributed by atoms with Crippen LogP contribution in [0.4, 0.5) is 19.1 Å². The molecular formula is C17H14Cl3F3N4O. The number of carbonyl (C=O) groups is 1. The molecule has 1 fully saturated rings.